The normalized spacial score (nSPS) is 10.3. The van der Waals surface area contributed by atoms with Crippen LogP contribution in [0, 0.1) is 0 Å². The molecule has 0 aliphatic carbocycles. The van der Waals surface area contributed by atoms with Gasteiger partial charge < -0.3 is 14.5 Å². The quantitative estimate of drug-likeness (QED) is 0.693. The highest BCUT2D eigenvalue weighted by molar-refractivity contribution is 7.99. The summed E-state index contributed by atoms with van der Waals surface area (Å²) in [6.07, 6.45) is 0.798. The van der Waals surface area contributed by atoms with Gasteiger partial charge in [0.25, 0.3) is 5.22 Å². The third-order valence-corrected chi connectivity index (χ3v) is 3.75. The maximum absolute atomic E-state index is 11.7. The molecule has 1 heterocycles. The molecule has 0 spiro atoms. The standard InChI is InChI=1S/C16H20N4O4S/c1-3-9-17-15(22)18-13(21)10-25-16-20-19-14(24-16)11-5-7-12(8-6-11)23-4-2/h5-8H,3-4,9-10H2,1-2H3,(H2,17,18,21,22). The minimum Gasteiger partial charge on any atom is -0.494 e. The molecule has 134 valence electrons. The Bertz CT molecular complexity index is 702. The van der Waals surface area contributed by atoms with Crippen molar-refractivity contribution in [3.8, 4) is 17.2 Å². The Kier molecular flexibility index (Phi) is 7.27. The maximum Gasteiger partial charge on any atom is 0.321 e. The molecule has 2 rings (SSSR count). The summed E-state index contributed by atoms with van der Waals surface area (Å²) in [5.41, 5.74) is 0.756. The lowest BCUT2D eigenvalue weighted by molar-refractivity contribution is -0.117. The number of hydrogen-bond acceptors (Lipinski definition) is 7. The van der Waals surface area contributed by atoms with Gasteiger partial charge in [-0.15, -0.1) is 10.2 Å². The van der Waals surface area contributed by atoms with Gasteiger partial charge in [-0.1, -0.05) is 18.7 Å². The molecule has 0 aliphatic rings. The van der Waals surface area contributed by atoms with Crippen LogP contribution in [0.15, 0.2) is 33.9 Å². The largest absolute Gasteiger partial charge is 0.494 e. The first-order valence-corrected chi connectivity index (χ1v) is 8.88. The Hall–Kier alpha value is -2.55. The highest BCUT2D eigenvalue weighted by atomic mass is 32.2. The molecule has 0 saturated carbocycles. The van der Waals surface area contributed by atoms with Gasteiger partial charge in [0, 0.05) is 12.1 Å². The van der Waals surface area contributed by atoms with Crippen molar-refractivity contribution >= 4 is 23.7 Å². The van der Waals surface area contributed by atoms with E-state index in [9.17, 15) is 9.59 Å². The Morgan fingerprint density at radius 1 is 1.20 bits per heavy atom. The number of carbonyl (C=O) groups is 2. The van der Waals surface area contributed by atoms with Crippen LogP contribution in [0.4, 0.5) is 4.79 Å². The molecule has 0 saturated heterocycles. The van der Waals surface area contributed by atoms with Crippen molar-refractivity contribution in [3.63, 3.8) is 0 Å². The third-order valence-electron chi connectivity index (χ3n) is 2.93. The van der Waals surface area contributed by atoms with E-state index in [0.717, 1.165) is 29.5 Å². The van der Waals surface area contributed by atoms with Crippen molar-refractivity contribution in [2.24, 2.45) is 0 Å². The van der Waals surface area contributed by atoms with Crippen molar-refractivity contribution in [1.29, 1.82) is 0 Å². The van der Waals surface area contributed by atoms with Gasteiger partial charge in [-0.2, -0.15) is 0 Å². The van der Waals surface area contributed by atoms with E-state index >= 15 is 0 Å². The fourth-order valence-electron chi connectivity index (χ4n) is 1.82. The number of benzene rings is 1. The van der Waals surface area contributed by atoms with Gasteiger partial charge in [0.15, 0.2) is 0 Å². The van der Waals surface area contributed by atoms with Crippen LogP contribution in [0.3, 0.4) is 0 Å². The van der Waals surface area contributed by atoms with E-state index in [-0.39, 0.29) is 11.0 Å². The molecule has 0 aliphatic heterocycles. The predicted octanol–water partition coefficient (Wildman–Crippen LogP) is 2.46. The van der Waals surface area contributed by atoms with Gasteiger partial charge in [0.05, 0.1) is 12.4 Å². The van der Waals surface area contributed by atoms with Crippen LogP contribution < -0.4 is 15.4 Å². The average Bonchev–Trinajstić information content (AvgIpc) is 3.08. The monoisotopic (exact) mass is 364 g/mol. The van der Waals surface area contributed by atoms with Gasteiger partial charge in [-0.3, -0.25) is 10.1 Å². The Morgan fingerprint density at radius 3 is 2.64 bits per heavy atom. The zero-order valence-electron chi connectivity index (χ0n) is 14.1. The van der Waals surface area contributed by atoms with Crippen molar-refractivity contribution in [2.45, 2.75) is 25.5 Å². The first-order chi connectivity index (χ1) is 12.1. The van der Waals surface area contributed by atoms with Gasteiger partial charge >= 0.3 is 6.03 Å². The van der Waals surface area contributed by atoms with E-state index in [2.05, 4.69) is 20.8 Å². The smallest absolute Gasteiger partial charge is 0.321 e. The first kappa shape index (κ1) is 18.8. The fourth-order valence-corrected chi connectivity index (χ4v) is 2.38. The number of nitrogens with one attached hydrogen (secondary N) is 2. The minimum absolute atomic E-state index is 0.00442. The maximum atomic E-state index is 11.7. The zero-order chi connectivity index (χ0) is 18.1. The first-order valence-electron chi connectivity index (χ1n) is 7.89. The van der Waals surface area contributed by atoms with Gasteiger partial charge in [0.2, 0.25) is 11.8 Å². The minimum atomic E-state index is -0.506. The topological polar surface area (TPSA) is 106 Å². The second kappa shape index (κ2) is 9.67. The molecule has 9 heteroatoms. The van der Waals surface area contributed by atoms with E-state index in [1.54, 1.807) is 0 Å². The summed E-state index contributed by atoms with van der Waals surface area (Å²) in [6.45, 7) is 4.95. The molecule has 0 bridgehead atoms. The van der Waals surface area contributed by atoms with Crippen molar-refractivity contribution in [3.05, 3.63) is 24.3 Å². The average molecular weight is 364 g/mol. The lowest BCUT2D eigenvalue weighted by Gasteiger charge is -2.04. The molecule has 1 aromatic heterocycles. The van der Waals surface area contributed by atoms with Gasteiger partial charge in [-0.25, -0.2) is 4.79 Å². The van der Waals surface area contributed by atoms with E-state index in [1.807, 2.05) is 38.1 Å². The number of nitrogens with zero attached hydrogens (tertiary/aromatic N) is 2. The van der Waals surface area contributed by atoms with Crippen molar-refractivity contribution < 1.29 is 18.7 Å². The second-order valence-corrected chi connectivity index (χ2v) is 5.85. The highest BCUT2D eigenvalue weighted by Gasteiger charge is 2.13. The number of rotatable bonds is 8. The fraction of sp³-hybridized carbons (Fsp3) is 0.375. The lowest BCUT2D eigenvalue weighted by Crippen LogP contribution is -2.40. The summed E-state index contributed by atoms with van der Waals surface area (Å²) < 4.78 is 10.9. The molecule has 0 atom stereocenters. The molecule has 0 radical (unpaired) electrons. The summed E-state index contributed by atoms with van der Waals surface area (Å²) >= 11 is 1.06. The van der Waals surface area contributed by atoms with Crippen LogP contribution in [0.1, 0.15) is 20.3 Å². The summed E-state index contributed by atoms with van der Waals surface area (Å²) in [5, 5.41) is 12.9. The predicted molar refractivity (Wildman–Crippen MR) is 93.5 cm³/mol. The molecular formula is C16H20N4O4S. The number of urea groups is 1. The number of amides is 3. The molecule has 2 aromatic rings. The summed E-state index contributed by atoms with van der Waals surface area (Å²) in [4.78, 5) is 23.0. The SMILES string of the molecule is CCCNC(=O)NC(=O)CSc1nnc(-c2ccc(OCC)cc2)o1. The number of ether oxygens (including phenoxy) is 1. The van der Waals surface area contributed by atoms with Crippen molar-refractivity contribution in [1.82, 2.24) is 20.8 Å². The molecule has 2 N–H and O–H groups in total. The molecule has 3 amide bonds. The molecule has 0 unspecified atom stereocenters. The molecule has 0 fully saturated rings. The van der Waals surface area contributed by atoms with Crippen molar-refractivity contribution in [2.75, 3.05) is 18.9 Å². The lowest BCUT2D eigenvalue weighted by atomic mass is 10.2. The van der Waals surface area contributed by atoms with Crippen LogP contribution in [0.2, 0.25) is 0 Å². The van der Waals surface area contributed by atoms with E-state index < -0.39 is 11.9 Å². The molecule has 25 heavy (non-hydrogen) atoms. The van der Waals surface area contributed by atoms with E-state index in [0.29, 0.717) is 19.0 Å². The van der Waals surface area contributed by atoms with Crippen LogP contribution in [-0.2, 0) is 4.79 Å². The molecule has 8 nitrogen and oxygen atoms in total. The van der Waals surface area contributed by atoms with E-state index in [4.69, 9.17) is 9.15 Å². The van der Waals surface area contributed by atoms with E-state index in [1.165, 1.54) is 0 Å². The molecular weight excluding hydrogens is 344 g/mol. The third kappa shape index (κ3) is 6.11. The Morgan fingerprint density at radius 2 is 1.96 bits per heavy atom. The zero-order valence-corrected chi connectivity index (χ0v) is 14.9. The molecule has 1 aromatic carbocycles. The van der Waals surface area contributed by atoms with Crippen LogP contribution in [0.25, 0.3) is 11.5 Å². The summed E-state index contributed by atoms with van der Waals surface area (Å²) in [5.74, 6) is 0.689. The van der Waals surface area contributed by atoms with Gasteiger partial charge in [-0.05, 0) is 37.6 Å². The van der Waals surface area contributed by atoms with Gasteiger partial charge in [0.1, 0.15) is 5.75 Å². The number of carbonyl (C=O) groups excluding carboxylic acids is 2. The van der Waals surface area contributed by atoms with Crippen LogP contribution in [0.5, 0.6) is 5.75 Å². The summed E-state index contributed by atoms with van der Waals surface area (Å²) in [6, 6.07) is 6.76. The Labute approximate surface area is 149 Å². The number of imide groups is 1. The second-order valence-electron chi connectivity index (χ2n) is 4.92. The number of thioether (sulfide) groups is 1. The van der Waals surface area contributed by atoms with Crippen LogP contribution in [-0.4, -0.2) is 41.0 Å². The van der Waals surface area contributed by atoms with Crippen LogP contribution >= 0.6 is 11.8 Å². The summed E-state index contributed by atoms with van der Waals surface area (Å²) in [7, 11) is 0. The number of hydrogen-bond donors (Lipinski definition) is 2. The highest BCUT2D eigenvalue weighted by Crippen LogP contribution is 2.24. The Balaban J connectivity index is 1.84. The number of aromatic nitrogens is 2.